The molecule has 2 N–H and O–H groups in total. The van der Waals surface area contributed by atoms with E-state index in [1.54, 1.807) is 24.7 Å². The van der Waals surface area contributed by atoms with Gasteiger partial charge >= 0.3 is 0 Å². The first-order valence-corrected chi connectivity index (χ1v) is 5.90. The quantitative estimate of drug-likeness (QED) is 0.814. The number of phenols is 1. The summed E-state index contributed by atoms with van der Waals surface area (Å²) in [6.45, 7) is 5.88. The molecule has 0 amide bonds. The Balaban J connectivity index is 2.22. The summed E-state index contributed by atoms with van der Waals surface area (Å²) in [5.74, 6) is 0.324. The Morgan fingerprint density at radius 1 is 1.17 bits per heavy atom. The molecule has 0 aliphatic carbocycles. The first-order valence-electron chi connectivity index (χ1n) is 5.90. The molecule has 4 heteroatoms. The highest BCUT2D eigenvalue weighted by Gasteiger charge is 2.09. The van der Waals surface area contributed by atoms with Gasteiger partial charge in [0.15, 0.2) is 0 Å². The van der Waals surface area contributed by atoms with Gasteiger partial charge in [-0.15, -0.1) is 0 Å². The van der Waals surface area contributed by atoms with Gasteiger partial charge in [0.05, 0.1) is 17.9 Å². The molecule has 0 spiro atoms. The third-order valence-electron chi connectivity index (χ3n) is 2.94. The zero-order chi connectivity index (χ0) is 13.1. The summed E-state index contributed by atoms with van der Waals surface area (Å²) in [7, 11) is 0. The molecule has 0 fully saturated rings. The Bertz CT molecular complexity index is 540. The SMILES string of the molecule is Cc1cc(NC(C)c2cnccn2)c(C)cc1O. The molecule has 4 nitrogen and oxygen atoms in total. The summed E-state index contributed by atoms with van der Waals surface area (Å²) < 4.78 is 0. The molecule has 1 unspecified atom stereocenters. The van der Waals surface area contributed by atoms with Crippen molar-refractivity contribution in [3.05, 3.63) is 47.5 Å². The molecule has 1 atom stereocenters. The van der Waals surface area contributed by atoms with Crippen molar-refractivity contribution in [2.45, 2.75) is 26.8 Å². The van der Waals surface area contributed by atoms with E-state index in [9.17, 15) is 5.11 Å². The molecule has 1 heterocycles. The molecule has 1 aromatic carbocycles. The maximum atomic E-state index is 9.63. The van der Waals surface area contributed by atoms with Crippen LogP contribution in [0.3, 0.4) is 0 Å². The number of aromatic hydroxyl groups is 1. The second-order valence-corrected chi connectivity index (χ2v) is 4.45. The van der Waals surface area contributed by atoms with E-state index in [0.717, 1.165) is 22.5 Å². The van der Waals surface area contributed by atoms with E-state index in [4.69, 9.17) is 0 Å². The summed E-state index contributed by atoms with van der Waals surface area (Å²) in [5, 5.41) is 13.0. The summed E-state index contributed by atoms with van der Waals surface area (Å²) in [6.07, 6.45) is 5.09. The van der Waals surface area contributed by atoms with Gasteiger partial charge in [0.2, 0.25) is 0 Å². The molecule has 0 radical (unpaired) electrons. The standard InChI is InChI=1S/C14H17N3O/c1-9-7-14(18)10(2)6-12(9)17-11(3)13-8-15-4-5-16-13/h4-8,11,17-18H,1-3H3. The highest BCUT2D eigenvalue weighted by molar-refractivity contribution is 5.57. The fourth-order valence-electron chi connectivity index (χ4n) is 1.80. The van der Waals surface area contributed by atoms with Crippen LogP contribution in [0.5, 0.6) is 5.75 Å². The molecule has 1 aromatic heterocycles. The van der Waals surface area contributed by atoms with Gasteiger partial charge in [0.25, 0.3) is 0 Å². The molecular weight excluding hydrogens is 226 g/mol. The molecule has 0 aliphatic rings. The zero-order valence-electron chi connectivity index (χ0n) is 10.8. The molecule has 18 heavy (non-hydrogen) atoms. The number of hydrogen-bond donors (Lipinski definition) is 2. The second kappa shape index (κ2) is 5.04. The van der Waals surface area contributed by atoms with Crippen LogP contribution in [0.2, 0.25) is 0 Å². The van der Waals surface area contributed by atoms with Gasteiger partial charge in [-0.1, -0.05) is 0 Å². The van der Waals surface area contributed by atoms with E-state index in [1.807, 2.05) is 26.8 Å². The molecule has 94 valence electrons. The molecule has 2 aromatic rings. The minimum Gasteiger partial charge on any atom is -0.508 e. The normalized spacial score (nSPS) is 12.2. The van der Waals surface area contributed by atoms with E-state index in [-0.39, 0.29) is 6.04 Å². The predicted molar refractivity (Wildman–Crippen MR) is 71.7 cm³/mol. The number of rotatable bonds is 3. The fraction of sp³-hybridized carbons (Fsp3) is 0.286. The van der Waals surface area contributed by atoms with E-state index in [1.165, 1.54) is 0 Å². The van der Waals surface area contributed by atoms with Gasteiger partial charge in [-0.3, -0.25) is 9.97 Å². The number of phenolic OH excluding ortho intramolecular Hbond substituents is 1. The minimum atomic E-state index is 0.0707. The second-order valence-electron chi connectivity index (χ2n) is 4.45. The van der Waals surface area contributed by atoms with Crippen LogP contribution in [0.15, 0.2) is 30.7 Å². The average Bonchev–Trinajstić information content (AvgIpc) is 2.37. The Morgan fingerprint density at radius 2 is 1.94 bits per heavy atom. The summed E-state index contributed by atoms with van der Waals surface area (Å²) in [5.41, 5.74) is 3.76. The number of aromatic nitrogens is 2. The van der Waals surface area contributed by atoms with Crippen LogP contribution in [0.1, 0.15) is 29.8 Å². The Hall–Kier alpha value is -2.10. The largest absolute Gasteiger partial charge is 0.508 e. The molecule has 0 aliphatic heterocycles. The van der Waals surface area contributed by atoms with Crippen LogP contribution in [-0.4, -0.2) is 15.1 Å². The molecule has 0 saturated carbocycles. The first kappa shape index (κ1) is 12.4. The van der Waals surface area contributed by atoms with Crippen molar-refractivity contribution in [1.82, 2.24) is 9.97 Å². The number of nitrogens with one attached hydrogen (secondary N) is 1. The molecule has 0 bridgehead atoms. The van der Waals surface area contributed by atoms with Crippen LogP contribution >= 0.6 is 0 Å². The van der Waals surface area contributed by atoms with Gasteiger partial charge in [-0.25, -0.2) is 0 Å². The van der Waals surface area contributed by atoms with Crippen LogP contribution in [-0.2, 0) is 0 Å². The Labute approximate surface area is 107 Å². The van der Waals surface area contributed by atoms with Crippen LogP contribution in [0.4, 0.5) is 5.69 Å². The lowest BCUT2D eigenvalue weighted by atomic mass is 10.1. The average molecular weight is 243 g/mol. The minimum absolute atomic E-state index is 0.0707. The van der Waals surface area contributed by atoms with E-state index < -0.39 is 0 Å². The Kier molecular flexibility index (Phi) is 3.46. The zero-order valence-corrected chi connectivity index (χ0v) is 10.8. The number of benzene rings is 1. The maximum absolute atomic E-state index is 9.63. The van der Waals surface area contributed by atoms with E-state index in [0.29, 0.717) is 5.75 Å². The lowest BCUT2D eigenvalue weighted by Crippen LogP contribution is -2.09. The number of aryl methyl sites for hydroxylation is 2. The lowest BCUT2D eigenvalue weighted by molar-refractivity contribution is 0.470. The van der Waals surface area contributed by atoms with Crippen molar-refractivity contribution in [2.24, 2.45) is 0 Å². The molecular formula is C14H17N3O. The third-order valence-corrected chi connectivity index (χ3v) is 2.94. The van der Waals surface area contributed by atoms with Crippen LogP contribution < -0.4 is 5.32 Å². The van der Waals surface area contributed by atoms with Crippen molar-refractivity contribution in [3.8, 4) is 5.75 Å². The number of anilines is 1. The first-order chi connectivity index (χ1) is 8.58. The van der Waals surface area contributed by atoms with Crippen molar-refractivity contribution in [1.29, 1.82) is 0 Å². The van der Waals surface area contributed by atoms with Gasteiger partial charge in [0, 0.05) is 18.1 Å². The van der Waals surface area contributed by atoms with Crippen molar-refractivity contribution in [2.75, 3.05) is 5.32 Å². The van der Waals surface area contributed by atoms with Crippen molar-refractivity contribution < 1.29 is 5.11 Å². The fourth-order valence-corrected chi connectivity index (χ4v) is 1.80. The number of nitrogens with zero attached hydrogens (tertiary/aromatic N) is 2. The van der Waals surface area contributed by atoms with Gasteiger partial charge in [-0.05, 0) is 44.0 Å². The highest BCUT2D eigenvalue weighted by atomic mass is 16.3. The van der Waals surface area contributed by atoms with Gasteiger partial charge in [0.1, 0.15) is 5.75 Å². The van der Waals surface area contributed by atoms with E-state index in [2.05, 4.69) is 15.3 Å². The van der Waals surface area contributed by atoms with E-state index >= 15 is 0 Å². The van der Waals surface area contributed by atoms with Gasteiger partial charge in [-0.2, -0.15) is 0 Å². The molecule has 0 saturated heterocycles. The van der Waals surface area contributed by atoms with Crippen molar-refractivity contribution in [3.63, 3.8) is 0 Å². The van der Waals surface area contributed by atoms with Crippen LogP contribution in [0.25, 0.3) is 0 Å². The molecule has 2 rings (SSSR count). The smallest absolute Gasteiger partial charge is 0.118 e. The Morgan fingerprint density at radius 3 is 2.61 bits per heavy atom. The number of hydrogen-bond acceptors (Lipinski definition) is 4. The topological polar surface area (TPSA) is 58.0 Å². The predicted octanol–water partition coefficient (Wildman–Crippen LogP) is 2.97. The summed E-state index contributed by atoms with van der Waals surface area (Å²) in [6, 6.07) is 3.78. The lowest BCUT2D eigenvalue weighted by Gasteiger charge is -2.17. The summed E-state index contributed by atoms with van der Waals surface area (Å²) in [4.78, 5) is 8.33. The highest BCUT2D eigenvalue weighted by Crippen LogP contribution is 2.27. The third kappa shape index (κ3) is 2.59. The van der Waals surface area contributed by atoms with Crippen molar-refractivity contribution >= 4 is 5.69 Å². The summed E-state index contributed by atoms with van der Waals surface area (Å²) >= 11 is 0. The monoisotopic (exact) mass is 243 g/mol. The maximum Gasteiger partial charge on any atom is 0.118 e. The van der Waals surface area contributed by atoms with Gasteiger partial charge < -0.3 is 10.4 Å². The van der Waals surface area contributed by atoms with Crippen LogP contribution in [0, 0.1) is 13.8 Å².